The van der Waals surface area contributed by atoms with Crippen molar-refractivity contribution in [2.45, 2.75) is 12.8 Å². The van der Waals surface area contributed by atoms with Gasteiger partial charge in [0.15, 0.2) is 5.88 Å². The maximum atomic E-state index is 10.6. The van der Waals surface area contributed by atoms with E-state index in [1.165, 1.54) is 11.6 Å². The molecule has 0 atom stereocenters. The van der Waals surface area contributed by atoms with Gasteiger partial charge in [-0.05, 0) is 24.5 Å². The molecule has 4 heteroatoms. The minimum absolute atomic E-state index is 0.0411. The van der Waals surface area contributed by atoms with Crippen LogP contribution in [0, 0.1) is 0 Å². The van der Waals surface area contributed by atoms with Gasteiger partial charge in [0.05, 0.1) is 0 Å². The molecule has 2 N–H and O–H groups in total. The third-order valence-electron chi connectivity index (χ3n) is 2.60. The van der Waals surface area contributed by atoms with Crippen LogP contribution in [0.1, 0.15) is 22.5 Å². The van der Waals surface area contributed by atoms with Crippen molar-refractivity contribution in [3.05, 3.63) is 53.8 Å². The molecular formula is C14H15NO3. The first-order valence-electron chi connectivity index (χ1n) is 5.86. The highest BCUT2D eigenvalue weighted by Gasteiger charge is 2.07. The first-order valence-corrected chi connectivity index (χ1v) is 5.86. The Kier molecular flexibility index (Phi) is 4.02. The number of nitrogens with one attached hydrogen (secondary N) is 1. The summed E-state index contributed by atoms with van der Waals surface area (Å²) >= 11 is 0. The molecule has 0 bridgehead atoms. The second-order valence-corrected chi connectivity index (χ2v) is 3.98. The molecule has 4 nitrogen and oxygen atoms in total. The molecule has 0 unspecified atom stereocenters. The third kappa shape index (κ3) is 3.38. The van der Waals surface area contributed by atoms with Crippen molar-refractivity contribution in [1.82, 2.24) is 0 Å². The van der Waals surface area contributed by atoms with Gasteiger partial charge in [-0.25, -0.2) is 4.79 Å². The Bertz CT molecular complexity index is 505. The lowest BCUT2D eigenvalue weighted by molar-refractivity contribution is 0.0663. The molecule has 0 saturated heterocycles. The lowest BCUT2D eigenvalue weighted by Crippen LogP contribution is -2.02. The van der Waals surface area contributed by atoms with E-state index in [0.29, 0.717) is 5.88 Å². The monoisotopic (exact) mass is 245 g/mol. The van der Waals surface area contributed by atoms with Crippen molar-refractivity contribution in [3.8, 4) is 0 Å². The Morgan fingerprint density at radius 1 is 1.17 bits per heavy atom. The van der Waals surface area contributed by atoms with E-state index in [-0.39, 0.29) is 5.76 Å². The summed E-state index contributed by atoms with van der Waals surface area (Å²) in [6.07, 6.45) is 1.95. The topological polar surface area (TPSA) is 62.5 Å². The van der Waals surface area contributed by atoms with Gasteiger partial charge in [-0.15, -0.1) is 0 Å². The molecule has 0 fully saturated rings. The maximum Gasteiger partial charge on any atom is 0.371 e. The number of furan rings is 1. The van der Waals surface area contributed by atoms with Crippen LogP contribution < -0.4 is 5.32 Å². The molecule has 1 heterocycles. The van der Waals surface area contributed by atoms with Crippen molar-refractivity contribution in [1.29, 1.82) is 0 Å². The smallest absolute Gasteiger partial charge is 0.371 e. The molecule has 2 aromatic rings. The zero-order chi connectivity index (χ0) is 12.8. The minimum Gasteiger partial charge on any atom is -0.475 e. The largest absolute Gasteiger partial charge is 0.475 e. The summed E-state index contributed by atoms with van der Waals surface area (Å²) in [4.78, 5) is 10.6. The fraction of sp³-hybridized carbons (Fsp3) is 0.214. The summed E-state index contributed by atoms with van der Waals surface area (Å²) in [5.74, 6) is -0.589. The standard InChI is InChI=1S/C14H15NO3/c16-14(17)12-8-9-13(18-12)15-10-4-7-11-5-2-1-3-6-11/h1-3,5-6,8-9,15H,4,7,10H2,(H,16,17). The summed E-state index contributed by atoms with van der Waals surface area (Å²) in [6.45, 7) is 0.751. The number of hydrogen-bond acceptors (Lipinski definition) is 3. The second kappa shape index (κ2) is 5.91. The molecule has 0 aliphatic carbocycles. The van der Waals surface area contributed by atoms with Gasteiger partial charge in [-0.1, -0.05) is 30.3 Å². The van der Waals surface area contributed by atoms with Crippen molar-refractivity contribution in [3.63, 3.8) is 0 Å². The molecule has 0 aliphatic rings. The Hall–Kier alpha value is -2.23. The van der Waals surface area contributed by atoms with Crippen LogP contribution in [-0.4, -0.2) is 17.6 Å². The van der Waals surface area contributed by atoms with E-state index in [1.54, 1.807) is 6.07 Å². The fourth-order valence-electron chi connectivity index (χ4n) is 1.70. The Morgan fingerprint density at radius 3 is 2.61 bits per heavy atom. The van der Waals surface area contributed by atoms with Gasteiger partial charge in [0, 0.05) is 12.6 Å². The highest BCUT2D eigenvalue weighted by molar-refractivity contribution is 5.84. The summed E-state index contributed by atoms with van der Waals surface area (Å²) in [6, 6.07) is 13.3. The first kappa shape index (κ1) is 12.2. The molecule has 1 aromatic carbocycles. The van der Waals surface area contributed by atoms with E-state index in [4.69, 9.17) is 9.52 Å². The molecule has 0 radical (unpaired) electrons. The SMILES string of the molecule is O=C(O)c1ccc(NCCCc2ccccc2)o1. The summed E-state index contributed by atoms with van der Waals surface area (Å²) in [5.41, 5.74) is 1.30. The van der Waals surface area contributed by atoms with Crippen molar-refractivity contribution >= 4 is 11.9 Å². The Balaban J connectivity index is 1.73. The first-order chi connectivity index (χ1) is 8.75. The molecule has 1 aromatic heterocycles. The predicted octanol–water partition coefficient (Wildman–Crippen LogP) is 3.02. The van der Waals surface area contributed by atoms with E-state index >= 15 is 0 Å². The van der Waals surface area contributed by atoms with Crippen LogP contribution in [0.25, 0.3) is 0 Å². The average molecular weight is 245 g/mol. The Labute approximate surface area is 105 Å². The average Bonchev–Trinajstić information content (AvgIpc) is 2.85. The van der Waals surface area contributed by atoms with Gasteiger partial charge in [-0.2, -0.15) is 0 Å². The number of carboxylic acids is 1. The van der Waals surface area contributed by atoms with Gasteiger partial charge in [0.2, 0.25) is 5.76 Å². The molecular weight excluding hydrogens is 230 g/mol. The van der Waals surface area contributed by atoms with Crippen LogP contribution in [0.2, 0.25) is 0 Å². The van der Waals surface area contributed by atoms with Crippen LogP contribution in [0.3, 0.4) is 0 Å². The van der Waals surface area contributed by atoms with E-state index in [1.807, 2.05) is 18.2 Å². The van der Waals surface area contributed by atoms with Crippen LogP contribution in [-0.2, 0) is 6.42 Å². The zero-order valence-electron chi connectivity index (χ0n) is 9.93. The van der Waals surface area contributed by atoms with Crippen LogP contribution >= 0.6 is 0 Å². The van der Waals surface area contributed by atoms with E-state index in [9.17, 15) is 4.79 Å². The summed E-state index contributed by atoms with van der Waals surface area (Å²) in [7, 11) is 0. The summed E-state index contributed by atoms with van der Waals surface area (Å²) in [5, 5.41) is 11.8. The molecule has 0 spiro atoms. The number of rotatable bonds is 6. The molecule has 0 amide bonds. The van der Waals surface area contributed by atoms with Crippen LogP contribution in [0.15, 0.2) is 46.9 Å². The lowest BCUT2D eigenvalue weighted by atomic mass is 10.1. The van der Waals surface area contributed by atoms with Crippen molar-refractivity contribution in [2.24, 2.45) is 0 Å². The predicted molar refractivity (Wildman–Crippen MR) is 68.9 cm³/mol. The molecule has 0 aliphatic heterocycles. The van der Waals surface area contributed by atoms with Gasteiger partial charge >= 0.3 is 5.97 Å². The quantitative estimate of drug-likeness (QED) is 0.768. The zero-order valence-corrected chi connectivity index (χ0v) is 9.93. The maximum absolute atomic E-state index is 10.6. The molecule has 18 heavy (non-hydrogen) atoms. The number of anilines is 1. The van der Waals surface area contributed by atoms with E-state index in [2.05, 4.69) is 17.4 Å². The molecule has 94 valence electrons. The van der Waals surface area contributed by atoms with Crippen LogP contribution in [0.5, 0.6) is 0 Å². The van der Waals surface area contributed by atoms with Crippen molar-refractivity contribution < 1.29 is 14.3 Å². The van der Waals surface area contributed by atoms with Crippen LogP contribution in [0.4, 0.5) is 5.88 Å². The third-order valence-corrected chi connectivity index (χ3v) is 2.60. The number of aromatic carboxylic acids is 1. The lowest BCUT2D eigenvalue weighted by Gasteiger charge is -2.03. The van der Waals surface area contributed by atoms with E-state index < -0.39 is 5.97 Å². The Morgan fingerprint density at radius 2 is 1.94 bits per heavy atom. The fourth-order valence-corrected chi connectivity index (χ4v) is 1.70. The number of aryl methyl sites for hydroxylation is 1. The number of benzene rings is 1. The highest BCUT2D eigenvalue weighted by Crippen LogP contribution is 2.13. The number of hydrogen-bond donors (Lipinski definition) is 2. The highest BCUT2D eigenvalue weighted by atomic mass is 16.4. The van der Waals surface area contributed by atoms with Gasteiger partial charge in [0.25, 0.3) is 0 Å². The second-order valence-electron chi connectivity index (χ2n) is 3.98. The van der Waals surface area contributed by atoms with E-state index in [0.717, 1.165) is 19.4 Å². The molecule has 0 saturated carbocycles. The van der Waals surface area contributed by atoms with Gasteiger partial charge in [0.1, 0.15) is 0 Å². The van der Waals surface area contributed by atoms with Gasteiger partial charge in [-0.3, -0.25) is 0 Å². The van der Waals surface area contributed by atoms with Crippen molar-refractivity contribution in [2.75, 3.05) is 11.9 Å². The normalized spacial score (nSPS) is 10.2. The molecule has 2 rings (SSSR count). The number of carbonyl (C=O) groups is 1. The summed E-state index contributed by atoms with van der Waals surface area (Å²) < 4.78 is 5.09. The van der Waals surface area contributed by atoms with Gasteiger partial charge < -0.3 is 14.8 Å². The number of carboxylic acid groups (broad SMARTS) is 1. The minimum atomic E-state index is -1.05.